The highest BCUT2D eigenvalue weighted by Gasteiger charge is 2.40. The van der Waals surface area contributed by atoms with Crippen LogP contribution in [0, 0.1) is 0 Å². The van der Waals surface area contributed by atoms with E-state index in [-0.39, 0.29) is 5.69 Å². The van der Waals surface area contributed by atoms with Crippen LogP contribution in [-0.2, 0) is 6.18 Å². The Morgan fingerprint density at radius 1 is 1.26 bits per heavy atom. The zero-order valence-corrected chi connectivity index (χ0v) is 10.7. The monoisotopic (exact) mass is 334 g/mol. The topological polar surface area (TPSA) is 55.1 Å². The second-order valence-electron chi connectivity index (χ2n) is 3.60. The molecule has 0 aliphatic heterocycles. The highest BCUT2D eigenvalue weighted by molar-refractivity contribution is 9.10. The Hall–Kier alpha value is -1.83. The number of aromatic carboxylic acids is 1. The molecule has 0 atom stereocenters. The standard InChI is InChI=1S/C11H6BrF3N2O2/c12-6-1-3-7(4-2-6)17-9(11(13,14)15)8(5-16-17)10(18)19/h1-5H,(H,18,19). The molecule has 0 aliphatic carbocycles. The second-order valence-corrected chi connectivity index (χ2v) is 4.51. The molecule has 0 bridgehead atoms. The summed E-state index contributed by atoms with van der Waals surface area (Å²) >= 11 is 3.16. The van der Waals surface area contributed by atoms with Crippen molar-refractivity contribution in [1.82, 2.24) is 9.78 Å². The summed E-state index contributed by atoms with van der Waals surface area (Å²) in [7, 11) is 0. The quantitative estimate of drug-likeness (QED) is 0.916. The summed E-state index contributed by atoms with van der Waals surface area (Å²) < 4.78 is 40.1. The molecule has 0 spiro atoms. The third-order valence-corrected chi connectivity index (χ3v) is 2.87. The van der Waals surface area contributed by atoms with E-state index in [0.29, 0.717) is 15.4 Å². The summed E-state index contributed by atoms with van der Waals surface area (Å²) in [5.74, 6) is -1.67. The molecule has 0 amide bonds. The van der Waals surface area contributed by atoms with Gasteiger partial charge in [0, 0.05) is 4.47 Å². The number of alkyl halides is 3. The largest absolute Gasteiger partial charge is 0.478 e. The van der Waals surface area contributed by atoms with E-state index in [1.807, 2.05) is 0 Å². The van der Waals surface area contributed by atoms with Crippen LogP contribution in [0.1, 0.15) is 16.1 Å². The summed E-state index contributed by atoms with van der Waals surface area (Å²) in [5.41, 5.74) is -2.05. The van der Waals surface area contributed by atoms with Gasteiger partial charge in [-0.1, -0.05) is 15.9 Å². The summed E-state index contributed by atoms with van der Waals surface area (Å²) in [6.07, 6.45) is -4.12. The molecule has 19 heavy (non-hydrogen) atoms. The van der Waals surface area contributed by atoms with E-state index in [1.54, 1.807) is 0 Å². The number of hydrogen-bond donors (Lipinski definition) is 1. The van der Waals surface area contributed by atoms with Gasteiger partial charge >= 0.3 is 12.1 Å². The fraction of sp³-hybridized carbons (Fsp3) is 0.0909. The smallest absolute Gasteiger partial charge is 0.434 e. The first-order valence-corrected chi connectivity index (χ1v) is 5.74. The molecular formula is C11H6BrF3N2O2. The van der Waals surface area contributed by atoms with Crippen molar-refractivity contribution in [3.05, 3.63) is 46.2 Å². The van der Waals surface area contributed by atoms with E-state index >= 15 is 0 Å². The number of hydrogen-bond acceptors (Lipinski definition) is 2. The summed E-state index contributed by atoms with van der Waals surface area (Å²) in [6, 6.07) is 5.88. The van der Waals surface area contributed by atoms with Crippen molar-refractivity contribution >= 4 is 21.9 Å². The maximum absolute atomic E-state index is 12.9. The molecule has 0 saturated heterocycles. The summed E-state index contributed by atoms with van der Waals surface area (Å²) in [4.78, 5) is 10.8. The minimum atomic E-state index is -4.81. The Balaban J connectivity index is 2.64. The maximum atomic E-state index is 12.9. The van der Waals surface area contributed by atoms with Gasteiger partial charge in [-0.3, -0.25) is 0 Å². The van der Waals surface area contributed by atoms with E-state index in [9.17, 15) is 18.0 Å². The molecular weight excluding hydrogens is 329 g/mol. The van der Waals surface area contributed by atoms with Crippen LogP contribution in [-0.4, -0.2) is 20.9 Å². The third-order valence-electron chi connectivity index (χ3n) is 2.34. The molecule has 0 fully saturated rings. The van der Waals surface area contributed by atoms with Crippen LogP contribution >= 0.6 is 15.9 Å². The van der Waals surface area contributed by atoms with E-state index < -0.39 is 23.4 Å². The van der Waals surface area contributed by atoms with Crippen LogP contribution in [0.25, 0.3) is 5.69 Å². The number of carboxylic acid groups (broad SMARTS) is 1. The van der Waals surface area contributed by atoms with Gasteiger partial charge in [0.05, 0.1) is 11.9 Å². The van der Waals surface area contributed by atoms with Crippen LogP contribution in [0.3, 0.4) is 0 Å². The molecule has 0 unspecified atom stereocenters. The minimum Gasteiger partial charge on any atom is -0.478 e. The molecule has 1 heterocycles. The van der Waals surface area contributed by atoms with Gasteiger partial charge in [0.1, 0.15) is 5.56 Å². The molecule has 0 aliphatic rings. The van der Waals surface area contributed by atoms with E-state index in [4.69, 9.17) is 5.11 Å². The number of rotatable bonds is 2. The molecule has 2 aromatic rings. The predicted molar refractivity (Wildman–Crippen MR) is 63.2 cm³/mol. The first-order chi connectivity index (χ1) is 8.80. The molecule has 0 radical (unpaired) electrons. The SMILES string of the molecule is O=C(O)c1cnn(-c2ccc(Br)cc2)c1C(F)(F)F. The van der Waals surface area contributed by atoms with Crippen molar-refractivity contribution in [3.8, 4) is 5.69 Å². The molecule has 100 valence electrons. The Kier molecular flexibility index (Phi) is 3.36. The average molecular weight is 335 g/mol. The second kappa shape index (κ2) is 4.69. The van der Waals surface area contributed by atoms with Crippen molar-refractivity contribution in [2.75, 3.05) is 0 Å². The highest BCUT2D eigenvalue weighted by Crippen LogP contribution is 2.33. The average Bonchev–Trinajstić information content (AvgIpc) is 2.74. The normalized spacial score (nSPS) is 11.6. The molecule has 4 nitrogen and oxygen atoms in total. The van der Waals surface area contributed by atoms with Crippen molar-refractivity contribution in [3.63, 3.8) is 0 Å². The number of aromatic nitrogens is 2. The lowest BCUT2D eigenvalue weighted by molar-refractivity contribution is -0.143. The van der Waals surface area contributed by atoms with Crippen molar-refractivity contribution in [2.24, 2.45) is 0 Å². The van der Waals surface area contributed by atoms with Gasteiger partial charge in [-0.15, -0.1) is 0 Å². The van der Waals surface area contributed by atoms with E-state index in [2.05, 4.69) is 21.0 Å². The molecule has 1 N–H and O–H groups in total. The zero-order valence-electron chi connectivity index (χ0n) is 9.15. The van der Waals surface area contributed by atoms with E-state index in [0.717, 1.165) is 0 Å². The van der Waals surface area contributed by atoms with Crippen LogP contribution in [0.5, 0.6) is 0 Å². The Bertz CT molecular complexity index is 620. The Morgan fingerprint density at radius 3 is 2.32 bits per heavy atom. The Morgan fingerprint density at radius 2 is 1.84 bits per heavy atom. The van der Waals surface area contributed by atoms with Gasteiger partial charge in [0.25, 0.3) is 0 Å². The predicted octanol–water partition coefficient (Wildman–Crippen LogP) is 3.35. The van der Waals surface area contributed by atoms with Crippen LogP contribution < -0.4 is 0 Å². The maximum Gasteiger partial charge on any atom is 0.434 e. The molecule has 1 aromatic carbocycles. The van der Waals surface area contributed by atoms with Crippen molar-refractivity contribution in [1.29, 1.82) is 0 Å². The lowest BCUT2D eigenvalue weighted by Gasteiger charge is -2.11. The Labute approximate surface area is 113 Å². The zero-order chi connectivity index (χ0) is 14.2. The van der Waals surface area contributed by atoms with Crippen LogP contribution in [0.15, 0.2) is 34.9 Å². The minimum absolute atomic E-state index is 0.128. The van der Waals surface area contributed by atoms with Gasteiger partial charge in [-0.2, -0.15) is 18.3 Å². The first-order valence-electron chi connectivity index (χ1n) is 4.95. The van der Waals surface area contributed by atoms with Crippen molar-refractivity contribution in [2.45, 2.75) is 6.18 Å². The van der Waals surface area contributed by atoms with Gasteiger partial charge in [-0.05, 0) is 24.3 Å². The fourth-order valence-corrected chi connectivity index (χ4v) is 1.82. The number of nitrogens with zero attached hydrogens (tertiary/aromatic N) is 2. The van der Waals surface area contributed by atoms with Gasteiger partial charge in [0.15, 0.2) is 5.69 Å². The van der Waals surface area contributed by atoms with Crippen LogP contribution in [0.2, 0.25) is 0 Å². The lowest BCUT2D eigenvalue weighted by atomic mass is 10.2. The van der Waals surface area contributed by atoms with E-state index in [1.165, 1.54) is 24.3 Å². The highest BCUT2D eigenvalue weighted by atomic mass is 79.9. The van der Waals surface area contributed by atoms with Crippen molar-refractivity contribution < 1.29 is 23.1 Å². The fourth-order valence-electron chi connectivity index (χ4n) is 1.56. The number of benzene rings is 1. The molecule has 0 saturated carbocycles. The summed E-state index contributed by atoms with van der Waals surface area (Å²) in [6.45, 7) is 0. The lowest BCUT2D eigenvalue weighted by Crippen LogP contribution is -2.17. The van der Waals surface area contributed by atoms with Gasteiger partial charge < -0.3 is 5.11 Å². The number of carboxylic acids is 1. The molecule has 8 heteroatoms. The van der Waals surface area contributed by atoms with Gasteiger partial charge in [0.2, 0.25) is 0 Å². The number of carbonyl (C=O) groups is 1. The van der Waals surface area contributed by atoms with Gasteiger partial charge in [-0.25, -0.2) is 9.48 Å². The molecule has 1 aromatic heterocycles. The molecule has 2 rings (SSSR count). The number of halogens is 4. The van der Waals surface area contributed by atoms with Crippen LogP contribution in [0.4, 0.5) is 13.2 Å². The first kappa shape index (κ1) is 13.6. The third kappa shape index (κ3) is 2.62. The summed E-state index contributed by atoms with van der Waals surface area (Å²) in [5, 5.41) is 12.3.